The number of rotatable bonds is 2. The molecule has 0 aliphatic heterocycles. The summed E-state index contributed by atoms with van der Waals surface area (Å²) in [7, 11) is -1.50. The SMILES string of the molecule is OB(O)c1ccccc1-c1c2ccccc2cc2ccccc12. The molecule has 0 bridgehead atoms. The Bertz CT molecular complexity index is 954. The molecule has 4 aromatic rings. The number of hydrogen-bond acceptors (Lipinski definition) is 2. The molecular weight excluding hydrogens is 283 g/mol. The first-order valence-corrected chi connectivity index (χ1v) is 7.61. The van der Waals surface area contributed by atoms with Crippen molar-refractivity contribution in [2.75, 3.05) is 0 Å². The van der Waals surface area contributed by atoms with Crippen molar-refractivity contribution in [2.24, 2.45) is 0 Å². The molecule has 0 saturated carbocycles. The van der Waals surface area contributed by atoms with Gasteiger partial charge in [-0.1, -0.05) is 72.8 Å². The van der Waals surface area contributed by atoms with Crippen molar-refractivity contribution in [1.29, 1.82) is 0 Å². The molecular formula is C20H15BO2. The van der Waals surface area contributed by atoms with E-state index in [0.717, 1.165) is 32.7 Å². The van der Waals surface area contributed by atoms with Gasteiger partial charge in [0.15, 0.2) is 0 Å². The Hall–Kier alpha value is -2.62. The van der Waals surface area contributed by atoms with Crippen LogP contribution in [0.25, 0.3) is 32.7 Å². The van der Waals surface area contributed by atoms with Gasteiger partial charge < -0.3 is 10.0 Å². The minimum absolute atomic E-state index is 0.522. The summed E-state index contributed by atoms with van der Waals surface area (Å²) in [5, 5.41) is 24.0. The lowest BCUT2D eigenvalue weighted by atomic mass is 9.74. The quantitative estimate of drug-likeness (QED) is 0.440. The largest absolute Gasteiger partial charge is 0.489 e. The minimum atomic E-state index is -1.50. The monoisotopic (exact) mass is 298 g/mol. The highest BCUT2D eigenvalue weighted by molar-refractivity contribution is 6.60. The topological polar surface area (TPSA) is 40.5 Å². The van der Waals surface area contributed by atoms with E-state index in [4.69, 9.17) is 0 Å². The Morgan fingerprint density at radius 1 is 0.609 bits per heavy atom. The summed E-state index contributed by atoms with van der Waals surface area (Å²) < 4.78 is 0. The second-order valence-electron chi connectivity index (χ2n) is 5.65. The Balaban J connectivity index is 2.20. The molecule has 3 heteroatoms. The Morgan fingerprint density at radius 3 is 1.74 bits per heavy atom. The van der Waals surface area contributed by atoms with E-state index in [-0.39, 0.29) is 0 Å². The molecule has 0 aliphatic carbocycles. The normalized spacial score (nSPS) is 11.0. The van der Waals surface area contributed by atoms with Gasteiger partial charge >= 0.3 is 7.12 Å². The number of hydrogen-bond donors (Lipinski definition) is 2. The second kappa shape index (κ2) is 5.54. The van der Waals surface area contributed by atoms with Crippen molar-refractivity contribution < 1.29 is 10.0 Å². The van der Waals surface area contributed by atoms with E-state index in [0.29, 0.717) is 5.46 Å². The average Bonchev–Trinajstić information content (AvgIpc) is 2.59. The molecule has 110 valence electrons. The van der Waals surface area contributed by atoms with E-state index in [2.05, 4.69) is 30.3 Å². The lowest BCUT2D eigenvalue weighted by Crippen LogP contribution is -2.31. The zero-order valence-electron chi connectivity index (χ0n) is 12.5. The third-order valence-electron chi connectivity index (χ3n) is 4.28. The predicted octanol–water partition coefficient (Wildman–Crippen LogP) is 3.34. The highest BCUT2D eigenvalue weighted by Gasteiger charge is 2.19. The third kappa shape index (κ3) is 2.31. The minimum Gasteiger partial charge on any atom is -0.423 e. The average molecular weight is 298 g/mol. The molecule has 0 radical (unpaired) electrons. The van der Waals surface area contributed by atoms with Gasteiger partial charge in [-0.15, -0.1) is 0 Å². The summed E-state index contributed by atoms with van der Waals surface area (Å²) in [6, 6.07) is 26.0. The molecule has 4 rings (SSSR count). The summed E-state index contributed by atoms with van der Waals surface area (Å²) in [4.78, 5) is 0. The zero-order chi connectivity index (χ0) is 15.8. The predicted molar refractivity (Wildman–Crippen MR) is 96.7 cm³/mol. The first-order chi connectivity index (χ1) is 11.3. The summed E-state index contributed by atoms with van der Waals surface area (Å²) >= 11 is 0. The lowest BCUT2D eigenvalue weighted by molar-refractivity contribution is 0.426. The third-order valence-corrected chi connectivity index (χ3v) is 4.28. The van der Waals surface area contributed by atoms with E-state index in [1.165, 1.54) is 0 Å². The van der Waals surface area contributed by atoms with E-state index in [1.807, 2.05) is 42.5 Å². The molecule has 4 aromatic carbocycles. The summed E-state index contributed by atoms with van der Waals surface area (Å²) in [5.41, 5.74) is 2.42. The standard InChI is InChI=1S/C20H15BO2/c22-21(23)19-12-6-5-11-18(19)20-16-9-3-1-7-14(16)13-15-8-2-4-10-17(15)20/h1-13,22-23H. The van der Waals surface area contributed by atoms with Gasteiger partial charge in [0.05, 0.1) is 0 Å². The van der Waals surface area contributed by atoms with Crippen LogP contribution in [0.15, 0.2) is 78.9 Å². The smallest absolute Gasteiger partial charge is 0.423 e. The molecule has 0 saturated heterocycles. The van der Waals surface area contributed by atoms with Crippen molar-refractivity contribution in [3.63, 3.8) is 0 Å². The maximum absolute atomic E-state index is 9.77. The van der Waals surface area contributed by atoms with Crippen LogP contribution in [0.2, 0.25) is 0 Å². The van der Waals surface area contributed by atoms with Gasteiger partial charge in [-0.05, 0) is 44.2 Å². The zero-order valence-corrected chi connectivity index (χ0v) is 12.5. The van der Waals surface area contributed by atoms with Gasteiger partial charge in [-0.2, -0.15) is 0 Å². The van der Waals surface area contributed by atoms with Crippen LogP contribution in [0.3, 0.4) is 0 Å². The molecule has 0 fully saturated rings. The van der Waals surface area contributed by atoms with E-state index < -0.39 is 7.12 Å². The van der Waals surface area contributed by atoms with Crippen LogP contribution in [0.5, 0.6) is 0 Å². The van der Waals surface area contributed by atoms with Crippen LogP contribution < -0.4 is 5.46 Å². The second-order valence-corrected chi connectivity index (χ2v) is 5.65. The first kappa shape index (κ1) is 14.0. The summed E-state index contributed by atoms with van der Waals surface area (Å²) in [6.45, 7) is 0. The Labute approximate surface area is 134 Å². The molecule has 2 nitrogen and oxygen atoms in total. The van der Waals surface area contributed by atoms with Crippen LogP contribution in [-0.4, -0.2) is 17.2 Å². The van der Waals surface area contributed by atoms with Gasteiger partial charge in [0.2, 0.25) is 0 Å². The van der Waals surface area contributed by atoms with Crippen molar-refractivity contribution in [1.82, 2.24) is 0 Å². The fourth-order valence-electron chi connectivity index (χ4n) is 3.25. The Kier molecular flexibility index (Phi) is 3.38. The van der Waals surface area contributed by atoms with Crippen LogP contribution >= 0.6 is 0 Å². The van der Waals surface area contributed by atoms with Gasteiger partial charge in [0.25, 0.3) is 0 Å². The van der Waals surface area contributed by atoms with Crippen molar-refractivity contribution in [3.8, 4) is 11.1 Å². The molecule has 0 amide bonds. The number of fused-ring (bicyclic) bond motifs is 2. The maximum Gasteiger partial charge on any atom is 0.489 e. The molecule has 23 heavy (non-hydrogen) atoms. The van der Waals surface area contributed by atoms with Crippen LogP contribution in [-0.2, 0) is 0 Å². The highest BCUT2D eigenvalue weighted by atomic mass is 16.4. The van der Waals surface area contributed by atoms with E-state index in [9.17, 15) is 10.0 Å². The van der Waals surface area contributed by atoms with E-state index >= 15 is 0 Å². The van der Waals surface area contributed by atoms with Gasteiger partial charge in [0.1, 0.15) is 0 Å². The molecule has 0 aromatic heterocycles. The van der Waals surface area contributed by atoms with Gasteiger partial charge in [0, 0.05) is 0 Å². The first-order valence-electron chi connectivity index (χ1n) is 7.61. The van der Waals surface area contributed by atoms with Gasteiger partial charge in [-0.25, -0.2) is 0 Å². The summed E-state index contributed by atoms with van der Waals surface area (Å²) in [5.74, 6) is 0. The fraction of sp³-hybridized carbons (Fsp3) is 0. The van der Waals surface area contributed by atoms with Crippen LogP contribution in [0.4, 0.5) is 0 Å². The van der Waals surface area contributed by atoms with Crippen LogP contribution in [0, 0.1) is 0 Å². The Morgan fingerprint density at radius 2 is 1.13 bits per heavy atom. The number of benzene rings is 4. The van der Waals surface area contributed by atoms with E-state index in [1.54, 1.807) is 6.07 Å². The van der Waals surface area contributed by atoms with Crippen molar-refractivity contribution in [2.45, 2.75) is 0 Å². The molecule has 0 aliphatic rings. The van der Waals surface area contributed by atoms with Gasteiger partial charge in [-0.3, -0.25) is 0 Å². The highest BCUT2D eigenvalue weighted by Crippen LogP contribution is 2.35. The van der Waals surface area contributed by atoms with Crippen molar-refractivity contribution in [3.05, 3.63) is 78.9 Å². The lowest BCUT2D eigenvalue weighted by Gasteiger charge is -2.15. The maximum atomic E-state index is 9.77. The molecule has 0 heterocycles. The molecule has 0 unspecified atom stereocenters. The fourth-order valence-corrected chi connectivity index (χ4v) is 3.25. The molecule has 0 atom stereocenters. The van der Waals surface area contributed by atoms with Crippen molar-refractivity contribution >= 4 is 34.1 Å². The van der Waals surface area contributed by atoms with Crippen LogP contribution in [0.1, 0.15) is 0 Å². The molecule has 2 N–H and O–H groups in total. The molecule has 0 spiro atoms. The summed E-state index contributed by atoms with van der Waals surface area (Å²) in [6.07, 6.45) is 0.